The van der Waals surface area contributed by atoms with Crippen molar-refractivity contribution in [3.8, 4) is 0 Å². The number of methoxy groups -OCH3 is 2. The first-order valence-electron chi connectivity index (χ1n) is 7.43. The smallest absolute Gasteiger partial charge is 0.149 e. The van der Waals surface area contributed by atoms with E-state index in [1.165, 1.54) is 0 Å². The second-order valence-electron chi connectivity index (χ2n) is 4.64. The molecule has 0 amide bonds. The Kier molecular flexibility index (Phi) is 13.3. The zero-order valence-corrected chi connectivity index (χ0v) is 15.5. The third-order valence-electron chi connectivity index (χ3n) is 3.32. The van der Waals surface area contributed by atoms with Crippen LogP contribution >= 0.6 is 31.9 Å². The van der Waals surface area contributed by atoms with Crippen molar-refractivity contribution >= 4 is 37.6 Å². The Balaban J connectivity index is 0. The maximum absolute atomic E-state index is 10.8. The van der Waals surface area contributed by atoms with Crippen LogP contribution in [0, 0.1) is 0 Å². The molecule has 128 valence electrons. The molecule has 1 N–H and O–H groups in total. The highest BCUT2D eigenvalue weighted by atomic mass is 79.9. The maximum atomic E-state index is 10.8. The van der Waals surface area contributed by atoms with Gasteiger partial charge < -0.3 is 14.6 Å². The van der Waals surface area contributed by atoms with Crippen molar-refractivity contribution in [1.29, 1.82) is 0 Å². The summed E-state index contributed by atoms with van der Waals surface area (Å²) in [6.45, 7) is 2.29. The van der Waals surface area contributed by atoms with Gasteiger partial charge in [-0.1, -0.05) is 53.1 Å². The number of alkyl halides is 2. The van der Waals surface area contributed by atoms with Gasteiger partial charge in [-0.25, -0.2) is 0 Å². The number of aliphatic hydroxyl groups excluding tert-OH is 1. The minimum absolute atomic E-state index is 0. The van der Waals surface area contributed by atoms with E-state index in [4.69, 9.17) is 10.8 Å². The van der Waals surface area contributed by atoms with Crippen LogP contribution in [0.25, 0.3) is 0 Å². The van der Waals surface area contributed by atoms with Gasteiger partial charge in [-0.3, -0.25) is 4.79 Å². The van der Waals surface area contributed by atoms with Gasteiger partial charge in [0.05, 0.1) is 23.1 Å². The minimum Gasteiger partial charge on any atom is -0.392 e. The second-order valence-corrected chi connectivity index (χ2v) is 6.93. The summed E-state index contributed by atoms with van der Waals surface area (Å²) in [5, 5.41) is 9.17. The highest BCUT2D eigenvalue weighted by Crippen LogP contribution is 2.27. The topological polar surface area (TPSA) is 55.8 Å². The van der Waals surface area contributed by atoms with E-state index in [0.29, 0.717) is 13.3 Å². The first kappa shape index (κ1) is 21.5. The number of Topliss-reactive ketones (excluding diaryl/α,β-unsaturated/α-hetero) is 1. The average Bonchev–Trinajstić information content (AvgIpc) is 2.95. The lowest BCUT2D eigenvalue weighted by Gasteiger charge is -2.03. The molecule has 2 aliphatic carbocycles. The third kappa shape index (κ3) is 8.65. The summed E-state index contributed by atoms with van der Waals surface area (Å²) in [5.41, 5.74) is 0. The number of rotatable bonds is 2. The number of halogens is 2. The normalized spacial score (nSPS) is 34.9. The Hall–Kier alpha value is 0.510. The van der Waals surface area contributed by atoms with Crippen LogP contribution in [-0.2, 0) is 14.3 Å². The van der Waals surface area contributed by atoms with Crippen molar-refractivity contribution in [2.45, 2.75) is 74.9 Å². The van der Waals surface area contributed by atoms with Crippen molar-refractivity contribution in [2.24, 2.45) is 0 Å². The fraction of sp³-hybridized carbons (Fsp3) is 0.933. The summed E-state index contributed by atoms with van der Waals surface area (Å²) >= 11 is 6.61. The fourth-order valence-electron chi connectivity index (χ4n) is 2.09. The standard InChI is InChI=1S/C6H11BrO2.C6H9BrO2.C2H6.CH4/c2*1-9-4-2-5(7)6(8)3-4;1-2;/h4-6,8H,2-3H2,1H3;4-5H,2-3H2,1H3;1-2H3;1H4/i;;1D;. The Morgan fingerprint density at radius 2 is 1.71 bits per heavy atom. The summed E-state index contributed by atoms with van der Waals surface area (Å²) in [6.07, 6.45) is 3.30. The second kappa shape index (κ2) is 13.0. The Morgan fingerprint density at radius 3 is 1.90 bits per heavy atom. The van der Waals surface area contributed by atoms with Gasteiger partial charge in [0.15, 0.2) is 0 Å². The molecule has 4 nitrogen and oxygen atoms in total. The van der Waals surface area contributed by atoms with E-state index in [2.05, 4.69) is 31.9 Å². The van der Waals surface area contributed by atoms with Crippen LogP contribution in [0.15, 0.2) is 0 Å². The van der Waals surface area contributed by atoms with E-state index in [9.17, 15) is 9.90 Å². The van der Waals surface area contributed by atoms with Crippen molar-refractivity contribution in [3.63, 3.8) is 0 Å². The molecule has 0 aromatic carbocycles. The number of carbonyl (C=O) groups excluding carboxylic acids is 1. The lowest BCUT2D eigenvalue weighted by molar-refractivity contribution is -0.117. The number of ketones is 1. The van der Waals surface area contributed by atoms with E-state index >= 15 is 0 Å². The largest absolute Gasteiger partial charge is 0.392 e. The van der Waals surface area contributed by atoms with Crippen molar-refractivity contribution in [3.05, 3.63) is 0 Å². The molecule has 2 fully saturated rings. The van der Waals surface area contributed by atoms with Crippen LogP contribution in [0.2, 0.25) is 0 Å². The van der Waals surface area contributed by atoms with Crippen molar-refractivity contribution < 1.29 is 20.7 Å². The van der Waals surface area contributed by atoms with Gasteiger partial charge in [0.25, 0.3) is 0 Å². The molecule has 21 heavy (non-hydrogen) atoms. The molecule has 0 radical (unpaired) electrons. The minimum atomic E-state index is -0.213. The SMILES string of the molecule is C.COC1CC(=O)C(Br)C1.COC1CC(O)C(Br)C1.[2H]CC. The van der Waals surface area contributed by atoms with Gasteiger partial charge in [0.2, 0.25) is 0 Å². The van der Waals surface area contributed by atoms with Crippen LogP contribution in [0.1, 0.15) is 48.3 Å². The molecule has 2 aliphatic rings. The molecule has 0 aromatic heterocycles. The number of hydrogen-bond acceptors (Lipinski definition) is 4. The molecule has 0 aromatic rings. The van der Waals surface area contributed by atoms with Crippen LogP contribution in [0.4, 0.5) is 0 Å². The number of carbonyl (C=O) groups is 1. The van der Waals surface area contributed by atoms with E-state index in [1.54, 1.807) is 21.1 Å². The van der Waals surface area contributed by atoms with Gasteiger partial charge in [0, 0.05) is 33.3 Å². The van der Waals surface area contributed by atoms with Crippen molar-refractivity contribution in [2.75, 3.05) is 14.2 Å². The quantitative estimate of drug-likeness (QED) is 0.673. The van der Waals surface area contributed by atoms with Gasteiger partial charge in [-0.15, -0.1) is 0 Å². The van der Waals surface area contributed by atoms with E-state index < -0.39 is 0 Å². The van der Waals surface area contributed by atoms with Gasteiger partial charge >= 0.3 is 0 Å². The molecule has 5 atom stereocenters. The molecule has 0 aliphatic heterocycles. The average molecular weight is 435 g/mol. The molecular weight excluding hydrogens is 404 g/mol. The monoisotopic (exact) mass is 433 g/mol. The zero-order valence-electron chi connectivity index (χ0n) is 13.4. The number of hydrogen-bond donors (Lipinski definition) is 1. The van der Waals surface area contributed by atoms with E-state index in [-0.39, 0.29) is 41.2 Å². The predicted octanol–water partition coefficient (Wildman–Crippen LogP) is 3.71. The molecule has 2 saturated carbocycles. The predicted molar refractivity (Wildman–Crippen MR) is 94.6 cm³/mol. The lowest BCUT2D eigenvalue weighted by atomic mass is 10.3. The Bertz CT molecular complexity index is 285. The summed E-state index contributed by atoms with van der Waals surface area (Å²) in [4.78, 5) is 11.1. The molecule has 6 heteroatoms. The number of aliphatic hydroxyl groups is 1. The summed E-state index contributed by atoms with van der Waals surface area (Å²) in [6, 6.07) is 0. The molecule has 2 rings (SSSR count). The van der Waals surface area contributed by atoms with Crippen molar-refractivity contribution in [1.82, 2.24) is 0 Å². The fourth-order valence-corrected chi connectivity index (χ4v) is 3.33. The summed E-state index contributed by atoms with van der Waals surface area (Å²) in [5.74, 6) is 0.266. The molecule has 0 spiro atoms. The molecular formula is C15H30Br2O4. The molecule has 0 saturated heterocycles. The van der Waals surface area contributed by atoms with E-state index in [1.807, 2.05) is 0 Å². The summed E-state index contributed by atoms with van der Waals surface area (Å²) in [7, 11) is 3.32. The van der Waals surface area contributed by atoms with Crippen LogP contribution < -0.4 is 0 Å². The number of ether oxygens (including phenoxy) is 2. The van der Waals surface area contributed by atoms with Crippen LogP contribution in [0.5, 0.6) is 0 Å². The van der Waals surface area contributed by atoms with Crippen LogP contribution in [0.3, 0.4) is 0 Å². The molecule has 0 heterocycles. The van der Waals surface area contributed by atoms with E-state index in [0.717, 1.165) is 19.3 Å². The van der Waals surface area contributed by atoms with Gasteiger partial charge in [-0.05, 0) is 12.8 Å². The van der Waals surface area contributed by atoms with Gasteiger partial charge in [0.1, 0.15) is 5.78 Å². The highest BCUT2D eigenvalue weighted by molar-refractivity contribution is 9.10. The Labute approximate surface area is 147 Å². The Morgan fingerprint density at radius 1 is 1.19 bits per heavy atom. The molecule has 5 unspecified atom stereocenters. The van der Waals surface area contributed by atoms with Gasteiger partial charge in [-0.2, -0.15) is 0 Å². The summed E-state index contributed by atoms with van der Waals surface area (Å²) < 4.78 is 16.3. The zero-order chi connectivity index (χ0) is 16.4. The highest BCUT2D eigenvalue weighted by Gasteiger charge is 2.31. The lowest BCUT2D eigenvalue weighted by Crippen LogP contribution is -2.11. The molecule has 0 bridgehead atoms. The maximum Gasteiger partial charge on any atom is 0.149 e. The van der Waals surface area contributed by atoms with Crippen LogP contribution in [-0.4, -0.2) is 53.1 Å². The third-order valence-corrected chi connectivity index (χ3v) is 5.19. The first-order chi connectivity index (χ1) is 9.89. The first-order valence-corrected chi connectivity index (χ1v) is 8.56.